The molecule has 1 aliphatic carbocycles. The Labute approximate surface area is 102 Å². The van der Waals surface area contributed by atoms with Crippen molar-refractivity contribution in [2.75, 3.05) is 4.90 Å². The Balaban J connectivity index is 1.82. The van der Waals surface area contributed by atoms with E-state index in [9.17, 15) is 0 Å². The van der Waals surface area contributed by atoms with E-state index in [1.165, 1.54) is 18.4 Å². The molecule has 2 aromatic rings. The van der Waals surface area contributed by atoms with Gasteiger partial charge in [-0.1, -0.05) is 36.4 Å². The molecular weight excluding hydrogens is 208 g/mol. The fourth-order valence-electron chi connectivity index (χ4n) is 2.09. The number of benzene rings is 1. The molecule has 0 spiro atoms. The quantitative estimate of drug-likeness (QED) is 0.792. The van der Waals surface area contributed by atoms with E-state index in [1.54, 1.807) is 0 Å². The average molecular weight is 224 g/mol. The van der Waals surface area contributed by atoms with E-state index in [1.807, 2.05) is 12.3 Å². The molecule has 1 heterocycles. The van der Waals surface area contributed by atoms with Gasteiger partial charge >= 0.3 is 0 Å². The van der Waals surface area contributed by atoms with Crippen LogP contribution in [0.3, 0.4) is 0 Å². The number of anilines is 1. The van der Waals surface area contributed by atoms with Crippen molar-refractivity contribution in [2.45, 2.75) is 25.4 Å². The zero-order valence-electron chi connectivity index (χ0n) is 9.79. The molecule has 1 aromatic carbocycles. The van der Waals surface area contributed by atoms with Crippen LogP contribution in [-0.4, -0.2) is 11.0 Å². The third kappa shape index (κ3) is 2.47. The molecule has 0 saturated heterocycles. The first kappa shape index (κ1) is 10.3. The number of pyridine rings is 1. The highest BCUT2D eigenvalue weighted by molar-refractivity contribution is 5.42. The third-order valence-corrected chi connectivity index (χ3v) is 3.13. The van der Waals surface area contributed by atoms with Gasteiger partial charge in [0, 0.05) is 18.8 Å². The van der Waals surface area contributed by atoms with E-state index in [2.05, 4.69) is 52.3 Å². The Morgan fingerprint density at radius 3 is 2.41 bits per heavy atom. The standard InChI is InChI=1S/C15H16N2/c1-2-6-13(7-3-1)12-17(14-9-10-14)15-8-4-5-11-16-15/h1-8,11,14H,9-10,12H2. The van der Waals surface area contributed by atoms with Gasteiger partial charge in [-0.25, -0.2) is 4.98 Å². The molecule has 1 aromatic heterocycles. The predicted octanol–water partition coefficient (Wildman–Crippen LogP) is 3.25. The van der Waals surface area contributed by atoms with E-state index >= 15 is 0 Å². The number of hydrogen-bond donors (Lipinski definition) is 0. The van der Waals surface area contributed by atoms with Gasteiger partial charge in [0.2, 0.25) is 0 Å². The van der Waals surface area contributed by atoms with Crippen LogP contribution in [0.15, 0.2) is 54.7 Å². The van der Waals surface area contributed by atoms with Crippen molar-refractivity contribution in [3.63, 3.8) is 0 Å². The predicted molar refractivity (Wildman–Crippen MR) is 69.9 cm³/mol. The van der Waals surface area contributed by atoms with Crippen LogP contribution in [0, 0.1) is 0 Å². The minimum atomic E-state index is 0.685. The van der Waals surface area contributed by atoms with E-state index in [4.69, 9.17) is 0 Å². The summed E-state index contributed by atoms with van der Waals surface area (Å²) in [6, 6.07) is 17.4. The zero-order chi connectivity index (χ0) is 11.5. The second-order valence-electron chi connectivity index (χ2n) is 4.53. The molecule has 0 N–H and O–H groups in total. The lowest BCUT2D eigenvalue weighted by Gasteiger charge is -2.23. The Morgan fingerprint density at radius 2 is 1.76 bits per heavy atom. The topological polar surface area (TPSA) is 16.1 Å². The highest BCUT2D eigenvalue weighted by Gasteiger charge is 2.29. The molecule has 0 atom stereocenters. The third-order valence-electron chi connectivity index (χ3n) is 3.13. The summed E-state index contributed by atoms with van der Waals surface area (Å²) in [5.41, 5.74) is 1.35. The van der Waals surface area contributed by atoms with Crippen molar-refractivity contribution >= 4 is 5.82 Å². The molecule has 0 aliphatic heterocycles. The fraction of sp³-hybridized carbons (Fsp3) is 0.267. The first-order chi connectivity index (χ1) is 8.43. The summed E-state index contributed by atoms with van der Waals surface area (Å²) >= 11 is 0. The summed E-state index contributed by atoms with van der Waals surface area (Å²) in [7, 11) is 0. The van der Waals surface area contributed by atoms with E-state index < -0.39 is 0 Å². The molecule has 1 saturated carbocycles. The van der Waals surface area contributed by atoms with Gasteiger partial charge in [0.05, 0.1) is 0 Å². The summed E-state index contributed by atoms with van der Waals surface area (Å²) in [5.74, 6) is 1.10. The fourth-order valence-corrected chi connectivity index (χ4v) is 2.09. The van der Waals surface area contributed by atoms with Gasteiger partial charge in [0.15, 0.2) is 0 Å². The lowest BCUT2D eigenvalue weighted by atomic mass is 10.2. The van der Waals surface area contributed by atoms with Crippen molar-refractivity contribution < 1.29 is 0 Å². The summed E-state index contributed by atoms with van der Waals surface area (Å²) in [5, 5.41) is 0. The van der Waals surface area contributed by atoms with Gasteiger partial charge in [-0.05, 0) is 30.5 Å². The van der Waals surface area contributed by atoms with Crippen LogP contribution in [0.4, 0.5) is 5.82 Å². The Hall–Kier alpha value is -1.83. The monoisotopic (exact) mass is 224 g/mol. The average Bonchev–Trinajstić information content (AvgIpc) is 3.23. The van der Waals surface area contributed by atoms with Crippen molar-refractivity contribution in [1.29, 1.82) is 0 Å². The van der Waals surface area contributed by atoms with Gasteiger partial charge < -0.3 is 4.90 Å². The minimum Gasteiger partial charge on any atom is -0.349 e. The summed E-state index contributed by atoms with van der Waals surface area (Å²) < 4.78 is 0. The lowest BCUT2D eigenvalue weighted by molar-refractivity contribution is 0.778. The summed E-state index contributed by atoms with van der Waals surface area (Å²) in [6.45, 7) is 0.961. The highest BCUT2D eigenvalue weighted by Crippen LogP contribution is 2.31. The van der Waals surface area contributed by atoms with Crippen molar-refractivity contribution in [1.82, 2.24) is 4.98 Å². The normalized spacial score (nSPS) is 14.6. The van der Waals surface area contributed by atoms with Crippen molar-refractivity contribution in [3.8, 4) is 0 Å². The molecule has 3 rings (SSSR count). The molecule has 0 bridgehead atoms. The smallest absolute Gasteiger partial charge is 0.129 e. The maximum atomic E-state index is 4.46. The number of hydrogen-bond acceptors (Lipinski definition) is 2. The van der Waals surface area contributed by atoms with Crippen LogP contribution in [0.2, 0.25) is 0 Å². The van der Waals surface area contributed by atoms with Gasteiger partial charge in [-0.3, -0.25) is 0 Å². The van der Waals surface area contributed by atoms with Crippen LogP contribution in [-0.2, 0) is 6.54 Å². The number of nitrogens with zero attached hydrogens (tertiary/aromatic N) is 2. The highest BCUT2D eigenvalue weighted by atomic mass is 15.2. The molecular formula is C15H16N2. The van der Waals surface area contributed by atoms with Crippen LogP contribution >= 0.6 is 0 Å². The molecule has 0 unspecified atom stereocenters. The summed E-state index contributed by atoms with van der Waals surface area (Å²) in [6.07, 6.45) is 4.46. The van der Waals surface area contributed by atoms with Gasteiger partial charge in [0.1, 0.15) is 5.82 Å². The van der Waals surface area contributed by atoms with E-state index in [-0.39, 0.29) is 0 Å². The Morgan fingerprint density at radius 1 is 1.00 bits per heavy atom. The second kappa shape index (κ2) is 4.58. The Bertz CT molecular complexity index is 463. The van der Waals surface area contributed by atoms with E-state index in [0.717, 1.165) is 12.4 Å². The zero-order valence-corrected chi connectivity index (χ0v) is 9.79. The van der Waals surface area contributed by atoms with Crippen molar-refractivity contribution in [2.24, 2.45) is 0 Å². The largest absolute Gasteiger partial charge is 0.349 e. The SMILES string of the molecule is c1ccc(CN(c2ccccn2)C2CC2)cc1. The lowest BCUT2D eigenvalue weighted by Crippen LogP contribution is -2.25. The summed E-state index contributed by atoms with van der Waals surface area (Å²) in [4.78, 5) is 6.87. The van der Waals surface area contributed by atoms with Crippen molar-refractivity contribution in [3.05, 3.63) is 60.3 Å². The molecule has 17 heavy (non-hydrogen) atoms. The van der Waals surface area contributed by atoms with Crippen LogP contribution < -0.4 is 4.90 Å². The van der Waals surface area contributed by atoms with Crippen LogP contribution in [0.25, 0.3) is 0 Å². The maximum Gasteiger partial charge on any atom is 0.129 e. The second-order valence-corrected chi connectivity index (χ2v) is 4.53. The van der Waals surface area contributed by atoms with Gasteiger partial charge in [0.25, 0.3) is 0 Å². The molecule has 1 fully saturated rings. The molecule has 2 heteroatoms. The Kier molecular flexibility index (Phi) is 2.78. The molecule has 0 radical (unpaired) electrons. The molecule has 0 amide bonds. The molecule has 1 aliphatic rings. The van der Waals surface area contributed by atoms with E-state index in [0.29, 0.717) is 6.04 Å². The van der Waals surface area contributed by atoms with Crippen LogP contribution in [0.1, 0.15) is 18.4 Å². The first-order valence-electron chi connectivity index (χ1n) is 6.15. The minimum absolute atomic E-state index is 0.685. The van der Waals surface area contributed by atoms with Crippen LogP contribution in [0.5, 0.6) is 0 Å². The number of rotatable bonds is 4. The first-order valence-corrected chi connectivity index (χ1v) is 6.15. The number of aromatic nitrogens is 1. The van der Waals surface area contributed by atoms with Gasteiger partial charge in [-0.2, -0.15) is 0 Å². The maximum absolute atomic E-state index is 4.46. The van der Waals surface area contributed by atoms with Gasteiger partial charge in [-0.15, -0.1) is 0 Å². The molecule has 86 valence electrons. The molecule has 2 nitrogen and oxygen atoms in total.